The number of carbonyl (C=O) groups is 1. The van der Waals surface area contributed by atoms with E-state index in [4.69, 9.17) is 15.2 Å². The molecule has 0 unspecified atom stereocenters. The number of carbonyl (C=O) groups excluding carboxylic acids is 1. The van der Waals surface area contributed by atoms with Crippen molar-refractivity contribution in [2.24, 2.45) is 5.73 Å². The molecule has 1 aliphatic heterocycles. The van der Waals surface area contributed by atoms with Crippen LogP contribution in [0, 0.1) is 0 Å². The Labute approximate surface area is 108 Å². The summed E-state index contributed by atoms with van der Waals surface area (Å²) in [4.78, 5) is 14.2. The number of amides is 1. The van der Waals surface area contributed by atoms with Crippen molar-refractivity contribution < 1.29 is 14.3 Å². The Kier molecular flexibility index (Phi) is 4.47. The molecule has 1 aliphatic carbocycles. The van der Waals surface area contributed by atoms with Crippen molar-refractivity contribution in [3.63, 3.8) is 0 Å². The first-order valence-corrected chi connectivity index (χ1v) is 6.73. The zero-order chi connectivity index (χ0) is 13.0. The fraction of sp³-hybridized carbons (Fsp3) is 0.769. The van der Waals surface area contributed by atoms with E-state index in [1.54, 1.807) is 0 Å². The largest absolute Gasteiger partial charge is 0.494 e. The molecule has 2 N–H and O–H groups in total. The van der Waals surface area contributed by atoms with Crippen molar-refractivity contribution in [3.05, 3.63) is 12.0 Å². The van der Waals surface area contributed by atoms with E-state index in [-0.39, 0.29) is 11.9 Å². The summed E-state index contributed by atoms with van der Waals surface area (Å²) in [6, 6.07) is 0.581. The lowest BCUT2D eigenvalue weighted by atomic mass is 9.90. The topological polar surface area (TPSA) is 64.8 Å². The minimum absolute atomic E-state index is 0.0577. The van der Waals surface area contributed by atoms with Gasteiger partial charge >= 0.3 is 0 Å². The molecule has 0 spiro atoms. The van der Waals surface area contributed by atoms with E-state index >= 15 is 0 Å². The highest BCUT2D eigenvalue weighted by Gasteiger charge is 2.29. The van der Waals surface area contributed by atoms with Crippen LogP contribution in [0.5, 0.6) is 0 Å². The van der Waals surface area contributed by atoms with Gasteiger partial charge in [0.05, 0.1) is 0 Å². The van der Waals surface area contributed by atoms with Crippen LogP contribution in [0.4, 0.5) is 0 Å². The number of rotatable bonds is 3. The van der Waals surface area contributed by atoms with Gasteiger partial charge in [-0.1, -0.05) is 0 Å². The standard InChI is InChI=1S/C13H22N2O3/c1-2-15(11-5-3-10(14)4-6-11)13(16)12-9-17-7-8-18-12/h9-11H,2-8,14H2,1H3. The van der Waals surface area contributed by atoms with Gasteiger partial charge in [-0.05, 0) is 32.6 Å². The van der Waals surface area contributed by atoms with Gasteiger partial charge in [0.2, 0.25) is 5.76 Å². The summed E-state index contributed by atoms with van der Waals surface area (Å²) in [6.07, 6.45) is 5.38. The summed E-state index contributed by atoms with van der Waals surface area (Å²) < 4.78 is 10.5. The molecule has 18 heavy (non-hydrogen) atoms. The third-order valence-electron chi connectivity index (χ3n) is 3.64. The van der Waals surface area contributed by atoms with E-state index in [1.807, 2.05) is 11.8 Å². The highest BCUT2D eigenvalue weighted by Crippen LogP contribution is 2.23. The maximum absolute atomic E-state index is 12.3. The molecule has 0 aromatic heterocycles. The highest BCUT2D eigenvalue weighted by molar-refractivity contribution is 5.91. The Morgan fingerprint density at radius 1 is 1.39 bits per heavy atom. The second-order valence-electron chi connectivity index (χ2n) is 4.86. The molecule has 0 aromatic carbocycles. The molecule has 1 fully saturated rings. The lowest BCUT2D eigenvalue weighted by Crippen LogP contribution is -2.45. The quantitative estimate of drug-likeness (QED) is 0.816. The van der Waals surface area contributed by atoms with Crippen LogP contribution in [0.1, 0.15) is 32.6 Å². The molecule has 102 valence electrons. The maximum Gasteiger partial charge on any atom is 0.292 e. The second kappa shape index (κ2) is 6.09. The van der Waals surface area contributed by atoms with E-state index in [1.165, 1.54) is 6.26 Å². The highest BCUT2D eigenvalue weighted by atomic mass is 16.6. The third kappa shape index (κ3) is 2.96. The molecule has 2 aliphatic rings. The Morgan fingerprint density at radius 3 is 2.67 bits per heavy atom. The second-order valence-corrected chi connectivity index (χ2v) is 4.86. The minimum Gasteiger partial charge on any atom is -0.494 e. The summed E-state index contributed by atoms with van der Waals surface area (Å²) in [5.41, 5.74) is 5.90. The summed E-state index contributed by atoms with van der Waals surface area (Å²) in [5, 5.41) is 0. The van der Waals surface area contributed by atoms with Gasteiger partial charge in [-0.2, -0.15) is 0 Å². The van der Waals surface area contributed by atoms with Crippen LogP contribution in [0.25, 0.3) is 0 Å². The van der Waals surface area contributed by atoms with Crippen molar-refractivity contribution in [3.8, 4) is 0 Å². The third-order valence-corrected chi connectivity index (χ3v) is 3.64. The zero-order valence-corrected chi connectivity index (χ0v) is 10.9. The lowest BCUT2D eigenvalue weighted by molar-refractivity contribution is -0.135. The van der Waals surface area contributed by atoms with E-state index in [9.17, 15) is 4.79 Å². The summed E-state index contributed by atoms with van der Waals surface area (Å²) in [7, 11) is 0. The molecule has 1 amide bonds. The first-order chi connectivity index (χ1) is 8.72. The van der Waals surface area contributed by atoms with Gasteiger partial charge in [0.15, 0.2) is 0 Å². The fourth-order valence-electron chi connectivity index (χ4n) is 2.60. The SMILES string of the molecule is CCN(C(=O)C1=COCCO1)C1CCC(N)CC1. The van der Waals surface area contributed by atoms with Crippen LogP contribution < -0.4 is 5.73 Å². The Bertz CT molecular complexity index is 322. The van der Waals surface area contributed by atoms with Gasteiger partial charge in [0, 0.05) is 18.6 Å². The maximum atomic E-state index is 12.3. The predicted molar refractivity (Wildman–Crippen MR) is 67.6 cm³/mol. The molecule has 2 rings (SSSR count). The average Bonchev–Trinajstić information content (AvgIpc) is 2.42. The fourth-order valence-corrected chi connectivity index (χ4v) is 2.60. The number of likely N-dealkylation sites (N-methyl/N-ethyl adjacent to an activating group) is 1. The monoisotopic (exact) mass is 254 g/mol. The average molecular weight is 254 g/mol. The molecule has 0 bridgehead atoms. The Balaban J connectivity index is 1.99. The summed E-state index contributed by atoms with van der Waals surface area (Å²) in [6.45, 7) is 3.65. The lowest BCUT2D eigenvalue weighted by Gasteiger charge is -2.35. The number of nitrogens with zero attached hydrogens (tertiary/aromatic N) is 1. The van der Waals surface area contributed by atoms with E-state index < -0.39 is 0 Å². The van der Waals surface area contributed by atoms with E-state index in [0.717, 1.165) is 25.7 Å². The molecule has 5 heteroatoms. The summed E-state index contributed by atoms with van der Waals surface area (Å²) >= 11 is 0. The molecule has 1 heterocycles. The Morgan fingerprint density at radius 2 is 2.11 bits per heavy atom. The number of hydrogen-bond acceptors (Lipinski definition) is 4. The van der Waals surface area contributed by atoms with Crippen LogP contribution in [0.3, 0.4) is 0 Å². The van der Waals surface area contributed by atoms with Gasteiger partial charge in [-0.3, -0.25) is 4.79 Å². The predicted octanol–water partition coefficient (Wildman–Crippen LogP) is 0.993. The van der Waals surface area contributed by atoms with Crippen molar-refractivity contribution in [2.75, 3.05) is 19.8 Å². The minimum atomic E-state index is -0.0577. The van der Waals surface area contributed by atoms with Crippen molar-refractivity contribution in [1.29, 1.82) is 0 Å². The van der Waals surface area contributed by atoms with Crippen molar-refractivity contribution in [1.82, 2.24) is 4.90 Å². The van der Waals surface area contributed by atoms with Crippen LogP contribution in [-0.4, -0.2) is 42.6 Å². The van der Waals surface area contributed by atoms with Gasteiger partial charge in [-0.25, -0.2) is 0 Å². The van der Waals surface area contributed by atoms with Crippen LogP contribution in [0.2, 0.25) is 0 Å². The molecule has 0 saturated heterocycles. The molecule has 0 aromatic rings. The number of nitrogens with two attached hydrogens (primary N) is 1. The van der Waals surface area contributed by atoms with Gasteiger partial charge in [0.1, 0.15) is 19.5 Å². The van der Waals surface area contributed by atoms with Crippen LogP contribution >= 0.6 is 0 Å². The smallest absolute Gasteiger partial charge is 0.292 e. The Hall–Kier alpha value is -1.23. The molecule has 5 nitrogen and oxygen atoms in total. The number of hydrogen-bond donors (Lipinski definition) is 1. The molecular formula is C13H22N2O3. The van der Waals surface area contributed by atoms with Crippen LogP contribution in [0.15, 0.2) is 12.0 Å². The van der Waals surface area contributed by atoms with Crippen molar-refractivity contribution in [2.45, 2.75) is 44.7 Å². The first kappa shape index (κ1) is 13.2. The van der Waals surface area contributed by atoms with Gasteiger partial charge in [0.25, 0.3) is 5.91 Å². The summed E-state index contributed by atoms with van der Waals surface area (Å²) in [5.74, 6) is 0.274. The molecule has 1 saturated carbocycles. The van der Waals surface area contributed by atoms with E-state index in [2.05, 4.69) is 0 Å². The van der Waals surface area contributed by atoms with Crippen LogP contribution in [-0.2, 0) is 14.3 Å². The molecule has 0 atom stereocenters. The first-order valence-electron chi connectivity index (χ1n) is 6.73. The molecular weight excluding hydrogens is 232 g/mol. The van der Waals surface area contributed by atoms with Gasteiger partial charge in [-0.15, -0.1) is 0 Å². The normalized spacial score (nSPS) is 27.8. The number of ether oxygens (including phenoxy) is 2. The van der Waals surface area contributed by atoms with Crippen molar-refractivity contribution >= 4 is 5.91 Å². The zero-order valence-electron chi connectivity index (χ0n) is 10.9. The van der Waals surface area contributed by atoms with Gasteiger partial charge < -0.3 is 20.1 Å². The molecule has 0 radical (unpaired) electrons. The van der Waals surface area contributed by atoms with E-state index in [0.29, 0.717) is 31.6 Å².